The molecule has 4 aromatic rings. The van der Waals surface area contributed by atoms with Gasteiger partial charge in [-0.2, -0.15) is 5.10 Å². The van der Waals surface area contributed by atoms with Gasteiger partial charge in [-0.1, -0.05) is 23.4 Å². The number of nitrogens with zero attached hydrogens (tertiary/aromatic N) is 7. The first-order chi connectivity index (χ1) is 11.8. The third-order valence-electron chi connectivity index (χ3n) is 3.88. The largest absolute Gasteiger partial charge is 0.333 e. The Labute approximate surface area is 139 Å². The minimum atomic E-state index is 0.748. The van der Waals surface area contributed by atoms with Gasteiger partial charge >= 0.3 is 0 Å². The Morgan fingerprint density at radius 3 is 2.75 bits per heavy atom. The van der Waals surface area contributed by atoms with Gasteiger partial charge in [-0.3, -0.25) is 4.68 Å². The van der Waals surface area contributed by atoms with Crippen molar-refractivity contribution >= 4 is 0 Å². The molecule has 0 aliphatic carbocycles. The van der Waals surface area contributed by atoms with Gasteiger partial charge in [-0.25, -0.2) is 9.67 Å². The van der Waals surface area contributed by atoms with Crippen molar-refractivity contribution in [2.45, 2.75) is 13.0 Å². The van der Waals surface area contributed by atoms with E-state index < -0.39 is 0 Å². The van der Waals surface area contributed by atoms with E-state index in [1.54, 1.807) is 6.20 Å². The van der Waals surface area contributed by atoms with E-state index in [0.29, 0.717) is 0 Å². The highest BCUT2D eigenvalue weighted by Gasteiger charge is 2.08. The van der Waals surface area contributed by atoms with Gasteiger partial charge in [0, 0.05) is 32.2 Å². The predicted molar refractivity (Wildman–Crippen MR) is 89.5 cm³/mol. The third kappa shape index (κ3) is 2.83. The Kier molecular flexibility index (Phi) is 3.66. The number of aromatic nitrogens is 7. The van der Waals surface area contributed by atoms with Crippen molar-refractivity contribution in [3.63, 3.8) is 0 Å². The summed E-state index contributed by atoms with van der Waals surface area (Å²) in [5, 5.41) is 12.8. The number of hydrogen-bond acceptors (Lipinski definition) is 4. The van der Waals surface area contributed by atoms with Gasteiger partial charge in [0.2, 0.25) is 0 Å². The van der Waals surface area contributed by atoms with Crippen molar-refractivity contribution in [2.24, 2.45) is 7.05 Å². The second-order valence-electron chi connectivity index (χ2n) is 5.61. The molecule has 7 heteroatoms. The summed E-state index contributed by atoms with van der Waals surface area (Å²) >= 11 is 0. The SMILES string of the molecule is Cn1ccnc1-c1cn(CCc2cnn(-c3ccccc3)c2)nn1. The maximum Gasteiger partial charge on any atom is 0.161 e. The number of aryl methyl sites for hydroxylation is 3. The average Bonchev–Trinajstić information content (AvgIpc) is 3.34. The molecule has 120 valence electrons. The van der Waals surface area contributed by atoms with Crippen molar-refractivity contribution in [2.75, 3.05) is 0 Å². The lowest BCUT2D eigenvalue weighted by atomic mass is 10.2. The fraction of sp³-hybridized carbons (Fsp3) is 0.176. The second-order valence-corrected chi connectivity index (χ2v) is 5.61. The fourth-order valence-corrected chi connectivity index (χ4v) is 2.58. The first-order valence-electron chi connectivity index (χ1n) is 7.76. The minimum absolute atomic E-state index is 0.748. The van der Waals surface area contributed by atoms with Gasteiger partial charge in [0.05, 0.1) is 18.1 Å². The molecule has 24 heavy (non-hydrogen) atoms. The van der Waals surface area contributed by atoms with Crippen molar-refractivity contribution < 1.29 is 0 Å². The van der Waals surface area contributed by atoms with Crippen LogP contribution < -0.4 is 0 Å². The highest BCUT2D eigenvalue weighted by Crippen LogP contribution is 2.13. The number of para-hydroxylation sites is 1. The van der Waals surface area contributed by atoms with E-state index in [9.17, 15) is 0 Å². The summed E-state index contributed by atoms with van der Waals surface area (Å²) in [5.41, 5.74) is 3.00. The van der Waals surface area contributed by atoms with Crippen LogP contribution in [-0.2, 0) is 20.0 Å². The van der Waals surface area contributed by atoms with Gasteiger partial charge in [-0.15, -0.1) is 5.10 Å². The van der Waals surface area contributed by atoms with Crippen LogP contribution in [0.4, 0.5) is 0 Å². The van der Waals surface area contributed by atoms with Gasteiger partial charge < -0.3 is 4.57 Å². The fourth-order valence-electron chi connectivity index (χ4n) is 2.58. The third-order valence-corrected chi connectivity index (χ3v) is 3.88. The van der Waals surface area contributed by atoms with Crippen LogP contribution in [0.2, 0.25) is 0 Å². The van der Waals surface area contributed by atoms with Crippen molar-refractivity contribution in [1.29, 1.82) is 0 Å². The lowest BCUT2D eigenvalue weighted by Crippen LogP contribution is -2.01. The van der Waals surface area contributed by atoms with Crippen LogP contribution in [-0.4, -0.2) is 34.3 Å². The van der Waals surface area contributed by atoms with E-state index in [4.69, 9.17) is 0 Å². The molecule has 0 fully saturated rings. The molecule has 0 bridgehead atoms. The first-order valence-corrected chi connectivity index (χ1v) is 7.76. The van der Waals surface area contributed by atoms with Crippen molar-refractivity contribution in [1.82, 2.24) is 34.3 Å². The lowest BCUT2D eigenvalue weighted by Gasteiger charge is -2.00. The topological polar surface area (TPSA) is 66.3 Å². The normalized spacial score (nSPS) is 11.0. The van der Waals surface area contributed by atoms with E-state index in [-0.39, 0.29) is 0 Å². The average molecular weight is 319 g/mol. The maximum atomic E-state index is 4.41. The molecule has 0 aliphatic rings. The number of hydrogen-bond donors (Lipinski definition) is 0. The highest BCUT2D eigenvalue weighted by atomic mass is 15.4. The molecule has 0 unspecified atom stereocenters. The second kappa shape index (κ2) is 6.11. The molecule has 3 heterocycles. The molecule has 7 nitrogen and oxygen atoms in total. The Morgan fingerprint density at radius 2 is 1.96 bits per heavy atom. The Bertz CT molecular complexity index is 933. The highest BCUT2D eigenvalue weighted by molar-refractivity contribution is 5.47. The molecule has 0 spiro atoms. The molecule has 3 aromatic heterocycles. The zero-order valence-electron chi connectivity index (χ0n) is 13.3. The Morgan fingerprint density at radius 1 is 1.08 bits per heavy atom. The van der Waals surface area contributed by atoms with Crippen molar-refractivity contribution in [3.05, 3.63) is 66.9 Å². The van der Waals surface area contributed by atoms with Crippen LogP contribution in [0.5, 0.6) is 0 Å². The molecule has 0 amide bonds. The molecule has 0 N–H and O–H groups in total. The molecular formula is C17H17N7. The summed E-state index contributed by atoms with van der Waals surface area (Å²) in [6, 6.07) is 10.1. The Balaban J connectivity index is 1.44. The quantitative estimate of drug-likeness (QED) is 0.565. The van der Waals surface area contributed by atoms with Crippen molar-refractivity contribution in [3.8, 4) is 17.2 Å². The van der Waals surface area contributed by atoms with E-state index in [1.165, 1.54) is 0 Å². The lowest BCUT2D eigenvalue weighted by molar-refractivity contribution is 0.589. The van der Waals surface area contributed by atoms with Crippen LogP contribution in [0.25, 0.3) is 17.2 Å². The van der Waals surface area contributed by atoms with E-state index in [2.05, 4.69) is 20.4 Å². The number of imidazole rings is 1. The van der Waals surface area contributed by atoms with Gasteiger partial charge in [-0.05, 0) is 24.1 Å². The van der Waals surface area contributed by atoms with Gasteiger partial charge in [0.25, 0.3) is 0 Å². The summed E-state index contributed by atoms with van der Waals surface area (Å²) in [5.74, 6) is 0.818. The maximum absolute atomic E-state index is 4.41. The van der Waals surface area contributed by atoms with E-state index >= 15 is 0 Å². The molecule has 0 aliphatic heterocycles. The monoisotopic (exact) mass is 319 g/mol. The van der Waals surface area contributed by atoms with Crippen LogP contribution in [0.3, 0.4) is 0 Å². The molecule has 4 rings (SSSR count). The van der Waals surface area contributed by atoms with Gasteiger partial charge in [0.15, 0.2) is 5.82 Å². The number of rotatable bonds is 5. The predicted octanol–water partition coefficient (Wildman–Crippen LogP) is 2.11. The Hall–Kier alpha value is -3.22. The minimum Gasteiger partial charge on any atom is -0.333 e. The van der Waals surface area contributed by atoms with Crippen LogP contribution >= 0.6 is 0 Å². The zero-order chi connectivity index (χ0) is 16.4. The molecule has 0 atom stereocenters. The molecule has 0 saturated heterocycles. The molecule has 1 aromatic carbocycles. The van der Waals surface area contributed by atoms with Crippen LogP contribution in [0.1, 0.15) is 5.56 Å². The van der Waals surface area contributed by atoms with Crippen LogP contribution in [0, 0.1) is 0 Å². The molecular weight excluding hydrogens is 302 g/mol. The smallest absolute Gasteiger partial charge is 0.161 e. The zero-order valence-corrected chi connectivity index (χ0v) is 13.3. The summed E-state index contributed by atoms with van der Waals surface area (Å²) < 4.78 is 5.65. The summed E-state index contributed by atoms with van der Waals surface area (Å²) in [6.07, 6.45) is 10.4. The van der Waals surface area contributed by atoms with Crippen LogP contribution in [0.15, 0.2) is 61.3 Å². The van der Waals surface area contributed by atoms with E-state index in [1.807, 2.05) is 76.1 Å². The molecule has 0 saturated carbocycles. The van der Waals surface area contributed by atoms with Gasteiger partial charge in [0.1, 0.15) is 5.69 Å². The summed E-state index contributed by atoms with van der Waals surface area (Å²) in [7, 11) is 1.94. The summed E-state index contributed by atoms with van der Waals surface area (Å²) in [4.78, 5) is 4.29. The number of benzene rings is 1. The summed E-state index contributed by atoms with van der Waals surface area (Å²) in [6.45, 7) is 0.748. The van der Waals surface area contributed by atoms with E-state index in [0.717, 1.165) is 35.7 Å². The molecule has 0 radical (unpaired) electrons. The standard InChI is InChI=1S/C17H17N7/c1-22-10-8-18-17(22)16-13-23(21-20-16)9-7-14-11-19-24(12-14)15-5-3-2-4-6-15/h2-6,8,10-13H,7,9H2,1H3. The first kappa shape index (κ1) is 14.4.